The van der Waals surface area contributed by atoms with E-state index in [0.29, 0.717) is 5.92 Å². The number of nitrogens with one attached hydrogen (secondary N) is 1. The molecule has 0 aromatic heterocycles. The molecule has 1 N–H and O–H groups in total. The van der Waals surface area contributed by atoms with E-state index in [9.17, 15) is 0 Å². The summed E-state index contributed by atoms with van der Waals surface area (Å²) in [6, 6.07) is 9.12. The largest absolute Gasteiger partial charge is 0.312 e. The van der Waals surface area contributed by atoms with Crippen molar-refractivity contribution < 1.29 is 0 Å². The van der Waals surface area contributed by atoms with Crippen molar-refractivity contribution in [2.24, 2.45) is 5.92 Å². The Hall–Kier alpha value is -0.510. The number of benzene rings is 1. The van der Waals surface area contributed by atoms with Crippen LogP contribution in [0.15, 0.2) is 24.3 Å². The molecule has 1 heterocycles. The van der Waals surface area contributed by atoms with Crippen molar-refractivity contribution in [2.75, 3.05) is 25.4 Å². The third-order valence-electron chi connectivity index (χ3n) is 3.64. The maximum atomic E-state index is 3.49. The first-order valence-corrected chi connectivity index (χ1v) is 8.81. The van der Waals surface area contributed by atoms with Gasteiger partial charge in [-0.3, -0.25) is 4.90 Å². The van der Waals surface area contributed by atoms with Crippen LogP contribution in [-0.4, -0.2) is 35.5 Å². The van der Waals surface area contributed by atoms with Crippen molar-refractivity contribution in [3.63, 3.8) is 0 Å². The van der Waals surface area contributed by atoms with E-state index in [1.807, 2.05) is 0 Å². The molecule has 1 aliphatic heterocycles. The fourth-order valence-corrected chi connectivity index (χ4v) is 3.64. The van der Waals surface area contributed by atoms with Crippen LogP contribution in [-0.2, 0) is 13.1 Å². The maximum Gasteiger partial charge on any atom is 0.0234 e. The average Bonchev–Trinajstić information content (AvgIpc) is 2.40. The Balaban J connectivity index is 1.79. The quantitative estimate of drug-likeness (QED) is 0.865. The average molecular weight is 292 g/mol. The van der Waals surface area contributed by atoms with Crippen LogP contribution in [0.4, 0.5) is 0 Å². The molecule has 1 aromatic rings. The Morgan fingerprint density at radius 2 is 1.95 bits per heavy atom. The monoisotopic (exact) mass is 292 g/mol. The fraction of sp³-hybridized carbons (Fsp3) is 0.647. The zero-order valence-electron chi connectivity index (χ0n) is 13.1. The fourth-order valence-electron chi connectivity index (χ4n) is 2.56. The van der Waals surface area contributed by atoms with Gasteiger partial charge in [0.2, 0.25) is 0 Å². The molecule has 2 rings (SSSR count). The van der Waals surface area contributed by atoms with Gasteiger partial charge in [0.15, 0.2) is 0 Å². The highest BCUT2D eigenvalue weighted by Crippen LogP contribution is 2.19. The van der Waals surface area contributed by atoms with E-state index in [0.717, 1.165) is 24.9 Å². The summed E-state index contributed by atoms with van der Waals surface area (Å²) in [5, 5.41) is 4.28. The van der Waals surface area contributed by atoms with Gasteiger partial charge in [0, 0.05) is 37.2 Å². The molecule has 20 heavy (non-hydrogen) atoms. The second-order valence-electron chi connectivity index (χ2n) is 6.26. The summed E-state index contributed by atoms with van der Waals surface area (Å²) in [7, 11) is 0. The molecule has 1 unspecified atom stereocenters. The van der Waals surface area contributed by atoms with E-state index in [4.69, 9.17) is 0 Å². The third kappa shape index (κ3) is 5.47. The summed E-state index contributed by atoms with van der Waals surface area (Å²) in [4.78, 5) is 2.58. The molecule has 1 aliphatic rings. The SMILES string of the molecule is CC(C)CNCc1ccc(CN2CCSC(C)C2)cc1. The van der Waals surface area contributed by atoms with E-state index < -0.39 is 0 Å². The lowest BCUT2D eigenvalue weighted by atomic mass is 10.1. The van der Waals surface area contributed by atoms with Gasteiger partial charge in [-0.2, -0.15) is 11.8 Å². The van der Waals surface area contributed by atoms with Crippen LogP contribution in [0.5, 0.6) is 0 Å². The molecular weight excluding hydrogens is 264 g/mol. The standard InChI is InChI=1S/C17H28N2S/c1-14(2)10-18-11-16-4-6-17(7-5-16)13-19-8-9-20-15(3)12-19/h4-7,14-15,18H,8-13H2,1-3H3. The van der Waals surface area contributed by atoms with E-state index in [1.165, 1.54) is 30.0 Å². The summed E-state index contributed by atoms with van der Waals surface area (Å²) >= 11 is 2.10. The third-order valence-corrected chi connectivity index (χ3v) is 4.77. The zero-order valence-corrected chi connectivity index (χ0v) is 13.9. The summed E-state index contributed by atoms with van der Waals surface area (Å²) in [5.74, 6) is 1.99. The number of rotatable bonds is 6. The van der Waals surface area contributed by atoms with Crippen LogP contribution < -0.4 is 5.32 Å². The molecule has 2 nitrogen and oxygen atoms in total. The highest BCUT2D eigenvalue weighted by atomic mass is 32.2. The van der Waals surface area contributed by atoms with Gasteiger partial charge in [-0.25, -0.2) is 0 Å². The molecule has 0 radical (unpaired) electrons. The lowest BCUT2D eigenvalue weighted by Gasteiger charge is -2.30. The molecule has 1 atom stereocenters. The highest BCUT2D eigenvalue weighted by molar-refractivity contribution is 7.99. The van der Waals surface area contributed by atoms with E-state index in [2.05, 4.69) is 67.0 Å². The van der Waals surface area contributed by atoms with Crippen LogP contribution >= 0.6 is 11.8 Å². The van der Waals surface area contributed by atoms with Crippen molar-refractivity contribution >= 4 is 11.8 Å². The summed E-state index contributed by atoms with van der Waals surface area (Å²) in [5.41, 5.74) is 2.83. The van der Waals surface area contributed by atoms with Crippen molar-refractivity contribution in [3.05, 3.63) is 35.4 Å². The Morgan fingerprint density at radius 1 is 1.25 bits per heavy atom. The van der Waals surface area contributed by atoms with Crippen molar-refractivity contribution in [1.82, 2.24) is 10.2 Å². The molecular formula is C17H28N2S. The number of hydrogen-bond donors (Lipinski definition) is 1. The molecule has 0 saturated carbocycles. The molecule has 0 spiro atoms. The van der Waals surface area contributed by atoms with Crippen molar-refractivity contribution in [1.29, 1.82) is 0 Å². The minimum atomic E-state index is 0.716. The second kappa shape index (κ2) is 8.06. The van der Waals surface area contributed by atoms with Gasteiger partial charge in [0.05, 0.1) is 0 Å². The number of thioether (sulfide) groups is 1. The lowest BCUT2D eigenvalue weighted by molar-refractivity contribution is 0.278. The smallest absolute Gasteiger partial charge is 0.0234 e. The number of hydrogen-bond acceptors (Lipinski definition) is 3. The minimum Gasteiger partial charge on any atom is -0.312 e. The van der Waals surface area contributed by atoms with Gasteiger partial charge in [0.25, 0.3) is 0 Å². The lowest BCUT2D eigenvalue weighted by Crippen LogP contribution is -2.35. The Bertz CT molecular complexity index is 388. The van der Waals surface area contributed by atoms with Crippen LogP contribution in [0, 0.1) is 5.92 Å². The normalized spacial score (nSPS) is 20.5. The van der Waals surface area contributed by atoms with Gasteiger partial charge in [-0.15, -0.1) is 0 Å². The maximum absolute atomic E-state index is 3.49. The summed E-state index contributed by atoms with van der Waals surface area (Å²) in [6.07, 6.45) is 0. The van der Waals surface area contributed by atoms with Crippen LogP contribution in [0.2, 0.25) is 0 Å². The van der Waals surface area contributed by atoms with Gasteiger partial charge >= 0.3 is 0 Å². The van der Waals surface area contributed by atoms with Gasteiger partial charge in [-0.1, -0.05) is 45.0 Å². The second-order valence-corrected chi connectivity index (χ2v) is 7.80. The van der Waals surface area contributed by atoms with Gasteiger partial charge in [0.1, 0.15) is 0 Å². The Kier molecular flexibility index (Phi) is 6.40. The van der Waals surface area contributed by atoms with Gasteiger partial charge < -0.3 is 5.32 Å². The predicted octanol–water partition coefficient (Wildman–Crippen LogP) is 3.37. The van der Waals surface area contributed by atoms with Crippen molar-refractivity contribution in [3.8, 4) is 0 Å². The van der Waals surface area contributed by atoms with E-state index >= 15 is 0 Å². The minimum absolute atomic E-state index is 0.716. The molecule has 112 valence electrons. The van der Waals surface area contributed by atoms with Crippen molar-refractivity contribution in [2.45, 2.75) is 39.1 Å². The highest BCUT2D eigenvalue weighted by Gasteiger charge is 2.16. The zero-order chi connectivity index (χ0) is 14.4. The first-order chi connectivity index (χ1) is 9.63. The predicted molar refractivity (Wildman–Crippen MR) is 90.2 cm³/mol. The summed E-state index contributed by atoms with van der Waals surface area (Å²) in [6.45, 7) is 12.4. The topological polar surface area (TPSA) is 15.3 Å². The van der Waals surface area contributed by atoms with E-state index in [-0.39, 0.29) is 0 Å². The van der Waals surface area contributed by atoms with Crippen LogP contribution in [0.3, 0.4) is 0 Å². The Morgan fingerprint density at radius 3 is 2.60 bits per heavy atom. The Labute approximate surface area is 128 Å². The molecule has 0 bridgehead atoms. The molecule has 1 saturated heterocycles. The number of nitrogens with zero attached hydrogens (tertiary/aromatic N) is 1. The molecule has 0 aliphatic carbocycles. The first-order valence-electron chi connectivity index (χ1n) is 7.76. The molecule has 1 fully saturated rings. The van der Waals surface area contributed by atoms with Crippen LogP contribution in [0.25, 0.3) is 0 Å². The van der Waals surface area contributed by atoms with Crippen LogP contribution in [0.1, 0.15) is 31.9 Å². The first kappa shape index (κ1) is 15.9. The molecule has 3 heteroatoms. The van der Waals surface area contributed by atoms with E-state index in [1.54, 1.807) is 0 Å². The molecule has 1 aromatic carbocycles. The summed E-state index contributed by atoms with van der Waals surface area (Å²) < 4.78 is 0. The van der Waals surface area contributed by atoms with Gasteiger partial charge in [-0.05, 0) is 23.6 Å². The molecule has 0 amide bonds.